The monoisotopic (exact) mass is 305 g/mol. The zero-order chi connectivity index (χ0) is 16.9. The molecule has 1 aromatic rings. The molecule has 122 valence electrons. The zero-order valence-electron chi connectivity index (χ0n) is 14.1. The molecule has 0 saturated carbocycles. The Hall–Kier alpha value is -1.88. The van der Waals surface area contributed by atoms with Gasteiger partial charge in [0.25, 0.3) is 0 Å². The fourth-order valence-corrected chi connectivity index (χ4v) is 1.82. The van der Waals surface area contributed by atoms with Gasteiger partial charge in [0.2, 0.25) is 11.8 Å². The van der Waals surface area contributed by atoms with Crippen LogP contribution in [0.5, 0.6) is 0 Å². The maximum absolute atomic E-state index is 12.1. The van der Waals surface area contributed by atoms with Gasteiger partial charge in [-0.25, -0.2) is 0 Å². The van der Waals surface area contributed by atoms with E-state index in [4.69, 9.17) is 5.73 Å². The van der Waals surface area contributed by atoms with Gasteiger partial charge in [-0.2, -0.15) is 0 Å². The highest BCUT2D eigenvalue weighted by molar-refractivity contribution is 5.98. The molecule has 5 nitrogen and oxygen atoms in total. The summed E-state index contributed by atoms with van der Waals surface area (Å²) in [5.41, 5.74) is 7.59. The summed E-state index contributed by atoms with van der Waals surface area (Å²) in [6.07, 6.45) is 1.50. The van der Waals surface area contributed by atoms with Gasteiger partial charge in [0.05, 0.1) is 6.04 Å². The Morgan fingerprint density at radius 1 is 1.23 bits per heavy atom. The minimum absolute atomic E-state index is 0.0678. The van der Waals surface area contributed by atoms with E-state index in [1.54, 1.807) is 12.1 Å². The summed E-state index contributed by atoms with van der Waals surface area (Å²) in [6, 6.07) is 4.91. The van der Waals surface area contributed by atoms with Gasteiger partial charge in [0.15, 0.2) is 0 Å². The second kappa shape index (κ2) is 7.40. The van der Waals surface area contributed by atoms with Gasteiger partial charge in [-0.1, -0.05) is 40.2 Å². The number of rotatable bonds is 5. The van der Waals surface area contributed by atoms with Crippen molar-refractivity contribution in [1.82, 2.24) is 0 Å². The third kappa shape index (κ3) is 5.15. The summed E-state index contributed by atoms with van der Waals surface area (Å²) in [6.45, 7) is 9.46. The summed E-state index contributed by atoms with van der Waals surface area (Å²) < 4.78 is 0. The van der Waals surface area contributed by atoms with Gasteiger partial charge < -0.3 is 16.4 Å². The number of nitrogens with two attached hydrogens (primary N) is 1. The molecule has 1 atom stereocenters. The van der Waals surface area contributed by atoms with Crippen molar-refractivity contribution in [2.75, 3.05) is 10.6 Å². The smallest absolute Gasteiger partial charge is 0.241 e. The van der Waals surface area contributed by atoms with Crippen LogP contribution < -0.4 is 16.4 Å². The molecule has 0 aliphatic carbocycles. The summed E-state index contributed by atoms with van der Waals surface area (Å²) in [5.74, 6) is -0.277. The highest BCUT2D eigenvalue weighted by atomic mass is 16.2. The average Bonchev–Trinajstić information content (AvgIpc) is 2.41. The number of carbonyl (C=O) groups excluding carboxylic acids is 2. The van der Waals surface area contributed by atoms with Crippen LogP contribution in [-0.2, 0) is 9.59 Å². The van der Waals surface area contributed by atoms with Crippen LogP contribution in [0.15, 0.2) is 18.2 Å². The number of benzene rings is 1. The first-order valence-corrected chi connectivity index (χ1v) is 7.63. The van der Waals surface area contributed by atoms with Crippen LogP contribution in [0.25, 0.3) is 0 Å². The summed E-state index contributed by atoms with van der Waals surface area (Å²) in [7, 11) is 0. The van der Waals surface area contributed by atoms with Gasteiger partial charge in [0, 0.05) is 16.8 Å². The predicted molar refractivity (Wildman–Crippen MR) is 90.8 cm³/mol. The lowest BCUT2D eigenvalue weighted by Crippen LogP contribution is -2.35. The van der Waals surface area contributed by atoms with Crippen molar-refractivity contribution in [3.8, 4) is 0 Å². The van der Waals surface area contributed by atoms with Crippen LogP contribution in [-0.4, -0.2) is 17.9 Å². The topological polar surface area (TPSA) is 84.2 Å². The van der Waals surface area contributed by atoms with Crippen molar-refractivity contribution >= 4 is 23.2 Å². The Labute approximate surface area is 132 Å². The van der Waals surface area contributed by atoms with Crippen molar-refractivity contribution in [1.29, 1.82) is 0 Å². The first-order chi connectivity index (χ1) is 10.1. The van der Waals surface area contributed by atoms with E-state index in [1.807, 2.05) is 40.7 Å². The first-order valence-electron chi connectivity index (χ1n) is 7.63. The number of carbonyl (C=O) groups is 2. The van der Waals surface area contributed by atoms with E-state index in [9.17, 15) is 9.59 Å². The molecule has 1 aromatic carbocycles. The van der Waals surface area contributed by atoms with Crippen LogP contribution in [0.1, 0.15) is 46.1 Å². The largest absolute Gasteiger partial charge is 0.325 e. The molecule has 1 rings (SSSR count). The van der Waals surface area contributed by atoms with Crippen molar-refractivity contribution in [2.24, 2.45) is 11.1 Å². The highest BCUT2D eigenvalue weighted by Gasteiger charge is 2.22. The summed E-state index contributed by atoms with van der Waals surface area (Å²) in [4.78, 5) is 24.1. The molecule has 4 N–H and O–H groups in total. The number of hydrogen-bond donors (Lipinski definition) is 3. The number of amides is 2. The van der Waals surface area contributed by atoms with Crippen LogP contribution >= 0.6 is 0 Å². The second-order valence-electron chi connectivity index (χ2n) is 6.62. The lowest BCUT2D eigenvalue weighted by molar-refractivity contribution is -0.123. The molecule has 0 aliphatic rings. The predicted octanol–water partition coefficient (Wildman–Crippen LogP) is 3.05. The molecule has 0 aliphatic heterocycles. The van der Waals surface area contributed by atoms with E-state index in [0.29, 0.717) is 17.8 Å². The van der Waals surface area contributed by atoms with Crippen LogP contribution in [0.3, 0.4) is 0 Å². The van der Waals surface area contributed by atoms with Crippen molar-refractivity contribution in [3.63, 3.8) is 0 Å². The minimum atomic E-state index is -0.515. The molecule has 22 heavy (non-hydrogen) atoms. The highest BCUT2D eigenvalue weighted by Crippen LogP contribution is 2.23. The fraction of sp³-hybridized carbons (Fsp3) is 0.529. The molecule has 0 radical (unpaired) electrons. The molecule has 2 amide bonds. The number of nitrogens with one attached hydrogen (secondary N) is 2. The molecule has 5 heteroatoms. The average molecular weight is 305 g/mol. The summed E-state index contributed by atoms with van der Waals surface area (Å²) >= 11 is 0. The van der Waals surface area contributed by atoms with Crippen molar-refractivity contribution in [2.45, 2.75) is 53.5 Å². The molecule has 0 heterocycles. The standard InChI is InChI=1S/C17H27N3O2/c1-6-7-13(18)15(21)19-12-9-8-11(2)14(10-12)20-16(22)17(3,4)5/h8-10,13H,6-7,18H2,1-5H3,(H,19,21)(H,20,22). The van der Waals surface area contributed by atoms with Gasteiger partial charge in [-0.05, 0) is 31.0 Å². The second-order valence-corrected chi connectivity index (χ2v) is 6.62. The normalized spacial score (nSPS) is 12.6. The maximum Gasteiger partial charge on any atom is 0.241 e. The maximum atomic E-state index is 12.1. The molecule has 0 spiro atoms. The number of hydrogen-bond acceptors (Lipinski definition) is 3. The fourth-order valence-electron chi connectivity index (χ4n) is 1.82. The molecule has 1 unspecified atom stereocenters. The zero-order valence-corrected chi connectivity index (χ0v) is 14.1. The molecule has 0 aromatic heterocycles. The lowest BCUT2D eigenvalue weighted by atomic mass is 9.95. The Balaban J connectivity index is 2.86. The molecule has 0 bridgehead atoms. The van der Waals surface area contributed by atoms with Crippen LogP contribution in [0.2, 0.25) is 0 Å². The number of aryl methyl sites for hydroxylation is 1. The van der Waals surface area contributed by atoms with Gasteiger partial charge in [-0.3, -0.25) is 9.59 Å². The van der Waals surface area contributed by atoms with Gasteiger partial charge in [-0.15, -0.1) is 0 Å². The van der Waals surface area contributed by atoms with E-state index in [1.165, 1.54) is 0 Å². The van der Waals surface area contributed by atoms with E-state index in [0.717, 1.165) is 12.0 Å². The third-order valence-corrected chi connectivity index (χ3v) is 3.37. The van der Waals surface area contributed by atoms with Crippen molar-refractivity contribution < 1.29 is 9.59 Å². The third-order valence-electron chi connectivity index (χ3n) is 3.37. The molecule has 0 saturated heterocycles. The molecule has 0 fully saturated rings. The van der Waals surface area contributed by atoms with Crippen LogP contribution in [0, 0.1) is 12.3 Å². The van der Waals surface area contributed by atoms with Crippen LogP contribution in [0.4, 0.5) is 11.4 Å². The Morgan fingerprint density at radius 3 is 2.41 bits per heavy atom. The Bertz CT molecular complexity index is 547. The quantitative estimate of drug-likeness (QED) is 0.781. The van der Waals surface area contributed by atoms with E-state index < -0.39 is 11.5 Å². The molecular weight excluding hydrogens is 278 g/mol. The number of anilines is 2. The Kier molecular flexibility index (Phi) is 6.11. The van der Waals surface area contributed by atoms with E-state index >= 15 is 0 Å². The molecular formula is C17H27N3O2. The first kappa shape index (κ1) is 18.2. The summed E-state index contributed by atoms with van der Waals surface area (Å²) in [5, 5.41) is 5.69. The SMILES string of the molecule is CCCC(N)C(=O)Nc1ccc(C)c(NC(=O)C(C)(C)C)c1. The van der Waals surface area contributed by atoms with Gasteiger partial charge >= 0.3 is 0 Å². The van der Waals surface area contributed by atoms with Gasteiger partial charge in [0.1, 0.15) is 0 Å². The minimum Gasteiger partial charge on any atom is -0.325 e. The van der Waals surface area contributed by atoms with E-state index in [-0.39, 0.29) is 11.8 Å². The Morgan fingerprint density at radius 2 is 1.86 bits per heavy atom. The van der Waals surface area contributed by atoms with Crippen molar-refractivity contribution in [3.05, 3.63) is 23.8 Å². The van der Waals surface area contributed by atoms with E-state index in [2.05, 4.69) is 10.6 Å². The lowest BCUT2D eigenvalue weighted by Gasteiger charge is -2.19.